The van der Waals surface area contributed by atoms with Gasteiger partial charge < -0.3 is 20.6 Å². The number of amides is 2. The molecule has 0 spiro atoms. The van der Waals surface area contributed by atoms with Crippen molar-refractivity contribution in [1.82, 2.24) is 15.5 Å². The summed E-state index contributed by atoms with van der Waals surface area (Å²) in [6.07, 6.45) is 3.20. The van der Waals surface area contributed by atoms with E-state index in [9.17, 15) is 9.59 Å². The summed E-state index contributed by atoms with van der Waals surface area (Å²) in [6, 6.07) is 0.410. The van der Waals surface area contributed by atoms with Crippen molar-refractivity contribution in [3.05, 3.63) is 0 Å². The van der Waals surface area contributed by atoms with Crippen molar-refractivity contribution in [2.75, 3.05) is 20.1 Å². The van der Waals surface area contributed by atoms with Crippen LogP contribution in [-0.2, 0) is 4.79 Å². The molecule has 1 aliphatic heterocycles. The highest BCUT2D eigenvalue weighted by atomic mass is 16.4. The van der Waals surface area contributed by atoms with E-state index in [-0.39, 0.29) is 18.6 Å². The number of piperidine rings is 1. The standard InChI is InChI=1S/C13H23N3O3/c1-9-7-10(3-6-16(9)2)15-12(19)14-8-13(4-5-13)11(17)18/h9-10H,3-8H2,1-2H3,(H,17,18)(H2,14,15,19). The number of rotatable bonds is 4. The van der Waals surface area contributed by atoms with E-state index < -0.39 is 11.4 Å². The molecule has 0 bridgehead atoms. The van der Waals surface area contributed by atoms with Gasteiger partial charge in [0.25, 0.3) is 0 Å². The van der Waals surface area contributed by atoms with Crippen molar-refractivity contribution < 1.29 is 14.7 Å². The third kappa shape index (κ3) is 3.37. The lowest BCUT2D eigenvalue weighted by molar-refractivity contribution is -0.143. The second kappa shape index (κ2) is 5.36. The Labute approximate surface area is 113 Å². The van der Waals surface area contributed by atoms with Crippen LogP contribution in [0.15, 0.2) is 0 Å². The maximum Gasteiger partial charge on any atom is 0.315 e. The zero-order valence-corrected chi connectivity index (χ0v) is 11.6. The van der Waals surface area contributed by atoms with E-state index in [0.717, 1.165) is 19.4 Å². The van der Waals surface area contributed by atoms with E-state index in [4.69, 9.17) is 5.11 Å². The fourth-order valence-electron chi connectivity index (χ4n) is 2.52. The van der Waals surface area contributed by atoms with Gasteiger partial charge in [-0.2, -0.15) is 0 Å². The first-order valence-corrected chi connectivity index (χ1v) is 6.91. The monoisotopic (exact) mass is 269 g/mol. The Morgan fingerprint density at radius 2 is 2.11 bits per heavy atom. The van der Waals surface area contributed by atoms with E-state index in [0.29, 0.717) is 18.9 Å². The Morgan fingerprint density at radius 3 is 2.63 bits per heavy atom. The van der Waals surface area contributed by atoms with Gasteiger partial charge in [-0.05, 0) is 39.7 Å². The number of hydrogen-bond donors (Lipinski definition) is 3. The van der Waals surface area contributed by atoms with E-state index in [1.54, 1.807) is 0 Å². The van der Waals surface area contributed by atoms with Gasteiger partial charge in [-0.15, -0.1) is 0 Å². The molecule has 0 aromatic rings. The minimum absolute atomic E-state index is 0.186. The maximum atomic E-state index is 11.8. The molecule has 108 valence electrons. The van der Waals surface area contributed by atoms with Crippen molar-refractivity contribution in [2.45, 2.75) is 44.7 Å². The summed E-state index contributed by atoms with van der Waals surface area (Å²) in [5.41, 5.74) is -0.697. The van der Waals surface area contributed by atoms with Crippen LogP contribution in [0.3, 0.4) is 0 Å². The number of carbonyl (C=O) groups excluding carboxylic acids is 1. The lowest BCUT2D eigenvalue weighted by Gasteiger charge is -2.35. The first-order chi connectivity index (χ1) is 8.93. The van der Waals surface area contributed by atoms with Gasteiger partial charge in [-0.3, -0.25) is 4.79 Å². The molecule has 0 radical (unpaired) electrons. The number of hydrogen-bond acceptors (Lipinski definition) is 3. The Balaban J connectivity index is 1.72. The van der Waals surface area contributed by atoms with Gasteiger partial charge in [-0.1, -0.05) is 0 Å². The SMILES string of the molecule is CC1CC(NC(=O)NCC2(C(=O)O)CC2)CCN1C. The second-order valence-electron chi connectivity index (χ2n) is 5.96. The summed E-state index contributed by atoms with van der Waals surface area (Å²) in [7, 11) is 2.09. The van der Waals surface area contributed by atoms with Crippen LogP contribution in [0.4, 0.5) is 4.79 Å². The highest BCUT2D eigenvalue weighted by Gasteiger charge is 2.50. The zero-order valence-electron chi connectivity index (χ0n) is 11.6. The largest absolute Gasteiger partial charge is 0.481 e. The maximum absolute atomic E-state index is 11.8. The molecule has 3 N–H and O–H groups in total. The molecule has 6 heteroatoms. The Morgan fingerprint density at radius 1 is 1.42 bits per heavy atom. The van der Waals surface area contributed by atoms with Gasteiger partial charge in [0, 0.05) is 25.2 Å². The van der Waals surface area contributed by atoms with E-state index in [1.807, 2.05) is 0 Å². The average Bonchev–Trinajstić information content (AvgIpc) is 3.13. The molecule has 1 aliphatic carbocycles. The van der Waals surface area contributed by atoms with Gasteiger partial charge >= 0.3 is 12.0 Å². The third-order valence-corrected chi connectivity index (χ3v) is 4.44. The smallest absolute Gasteiger partial charge is 0.315 e. The van der Waals surface area contributed by atoms with Crippen molar-refractivity contribution in [2.24, 2.45) is 5.41 Å². The Kier molecular flexibility index (Phi) is 3.99. The fourth-order valence-corrected chi connectivity index (χ4v) is 2.52. The molecule has 1 heterocycles. The van der Waals surface area contributed by atoms with E-state index in [1.165, 1.54) is 0 Å². The number of aliphatic carboxylic acids is 1. The molecule has 0 aromatic carbocycles. The second-order valence-corrected chi connectivity index (χ2v) is 5.96. The fraction of sp³-hybridized carbons (Fsp3) is 0.846. The number of carbonyl (C=O) groups is 2. The normalized spacial score (nSPS) is 29.6. The van der Waals surface area contributed by atoms with E-state index >= 15 is 0 Å². The minimum Gasteiger partial charge on any atom is -0.481 e. The van der Waals surface area contributed by atoms with Gasteiger partial charge in [0.05, 0.1) is 5.41 Å². The molecule has 2 unspecified atom stereocenters. The van der Waals surface area contributed by atoms with Gasteiger partial charge in [0.15, 0.2) is 0 Å². The van der Waals surface area contributed by atoms with Crippen molar-refractivity contribution in [1.29, 1.82) is 0 Å². The summed E-state index contributed by atoms with van der Waals surface area (Å²) in [4.78, 5) is 25.0. The molecule has 2 atom stereocenters. The quantitative estimate of drug-likeness (QED) is 0.699. The Bertz CT molecular complexity index is 368. The highest BCUT2D eigenvalue weighted by molar-refractivity contribution is 5.80. The molecule has 1 saturated carbocycles. The molecule has 1 saturated heterocycles. The average molecular weight is 269 g/mol. The minimum atomic E-state index is -0.805. The molecule has 19 heavy (non-hydrogen) atoms. The molecule has 2 rings (SSSR count). The topological polar surface area (TPSA) is 81.7 Å². The van der Waals surface area contributed by atoms with Gasteiger partial charge in [-0.25, -0.2) is 4.79 Å². The molecule has 2 aliphatic rings. The van der Waals surface area contributed by atoms with Crippen LogP contribution in [0, 0.1) is 5.41 Å². The van der Waals surface area contributed by atoms with Crippen LogP contribution in [0.1, 0.15) is 32.6 Å². The molecular formula is C13H23N3O3. The number of carboxylic acid groups (broad SMARTS) is 1. The van der Waals surface area contributed by atoms with Gasteiger partial charge in [0.2, 0.25) is 0 Å². The van der Waals surface area contributed by atoms with Crippen LogP contribution in [-0.4, -0.2) is 54.2 Å². The third-order valence-electron chi connectivity index (χ3n) is 4.44. The predicted octanol–water partition coefficient (Wildman–Crippen LogP) is 0.633. The van der Waals surface area contributed by atoms with Crippen molar-refractivity contribution in [3.63, 3.8) is 0 Å². The predicted molar refractivity (Wildman–Crippen MR) is 71.0 cm³/mol. The first kappa shape index (κ1) is 14.1. The van der Waals surface area contributed by atoms with Crippen LogP contribution >= 0.6 is 0 Å². The summed E-state index contributed by atoms with van der Waals surface area (Å²) in [5, 5.41) is 14.7. The molecule has 2 amide bonds. The summed E-state index contributed by atoms with van der Waals surface area (Å²) >= 11 is 0. The number of likely N-dealkylation sites (tertiary alicyclic amines) is 1. The molecule has 2 fully saturated rings. The van der Waals surface area contributed by atoms with Crippen molar-refractivity contribution >= 4 is 12.0 Å². The number of nitrogens with one attached hydrogen (secondary N) is 2. The summed E-state index contributed by atoms with van der Waals surface area (Å²) < 4.78 is 0. The number of nitrogens with zero attached hydrogens (tertiary/aromatic N) is 1. The number of urea groups is 1. The highest BCUT2D eigenvalue weighted by Crippen LogP contribution is 2.45. The van der Waals surface area contributed by atoms with Gasteiger partial charge in [0.1, 0.15) is 0 Å². The summed E-state index contributed by atoms with van der Waals surface area (Å²) in [5.74, 6) is -0.805. The van der Waals surface area contributed by atoms with E-state index in [2.05, 4.69) is 29.5 Å². The Hall–Kier alpha value is -1.30. The number of carboxylic acids is 1. The first-order valence-electron chi connectivity index (χ1n) is 6.91. The summed E-state index contributed by atoms with van der Waals surface area (Å²) in [6.45, 7) is 3.36. The molecular weight excluding hydrogens is 246 g/mol. The van der Waals surface area contributed by atoms with Crippen LogP contribution < -0.4 is 10.6 Å². The zero-order chi connectivity index (χ0) is 14.0. The molecule has 6 nitrogen and oxygen atoms in total. The van der Waals surface area contributed by atoms with Crippen LogP contribution in [0.5, 0.6) is 0 Å². The lowest BCUT2D eigenvalue weighted by atomic mass is 9.99. The molecule has 0 aromatic heterocycles. The van der Waals surface area contributed by atoms with Crippen LogP contribution in [0.2, 0.25) is 0 Å². The van der Waals surface area contributed by atoms with Crippen LogP contribution in [0.25, 0.3) is 0 Å². The van der Waals surface area contributed by atoms with Crippen molar-refractivity contribution in [3.8, 4) is 0 Å². The lowest BCUT2D eigenvalue weighted by Crippen LogP contribution is -2.50.